The van der Waals surface area contributed by atoms with Gasteiger partial charge in [-0.2, -0.15) is 0 Å². The third-order valence-corrected chi connectivity index (χ3v) is 10.9. The number of allylic oxidation sites excluding steroid dienone is 2. The summed E-state index contributed by atoms with van der Waals surface area (Å²) in [7, 11) is 0. The second kappa shape index (κ2) is 7.80. The van der Waals surface area contributed by atoms with Crippen LogP contribution in [-0.2, 0) is 22.4 Å². The van der Waals surface area contributed by atoms with E-state index >= 15 is 0 Å². The smallest absolute Gasteiger partial charge is 0.302 e. The van der Waals surface area contributed by atoms with E-state index in [1.54, 1.807) is 12.5 Å². The fraction of sp³-hybridized carbons (Fsp3) is 0.586. The molecule has 33 heavy (non-hydrogen) atoms. The van der Waals surface area contributed by atoms with Crippen molar-refractivity contribution < 1.29 is 9.53 Å². The fourth-order valence-corrected chi connectivity index (χ4v) is 9.24. The number of ether oxygens (including phenoxy) is 1. The van der Waals surface area contributed by atoms with Crippen molar-refractivity contribution in [2.75, 3.05) is 0 Å². The minimum atomic E-state index is -0.114. The average Bonchev–Trinajstić information content (AvgIpc) is 3.34. The highest BCUT2D eigenvalue weighted by molar-refractivity contribution is 7.11. The number of hydrogen-bond donors (Lipinski definition) is 0. The largest absolute Gasteiger partial charge is 0.462 e. The van der Waals surface area contributed by atoms with Gasteiger partial charge in [-0.05, 0) is 79.3 Å². The monoisotopic (exact) mass is 461 g/mol. The molecule has 1 heterocycles. The van der Waals surface area contributed by atoms with Crippen molar-refractivity contribution >= 4 is 22.9 Å². The highest BCUT2D eigenvalue weighted by Crippen LogP contribution is 2.66. The third-order valence-electron chi connectivity index (χ3n) is 9.75. The van der Waals surface area contributed by atoms with Gasteiger partial charge in [0.2, 0.25) is 0 Å². The van der Waals surface area contributed by atoms with Gasteiger partial charge in [-0.1, -0.05) is 50.3 Å². The highest BCUT2D eigenvalue weighted by Gasteiger charge is 2.59. The number of benzene rings is 1. The quantitative estimate of drug-likeness (QED) is 0.469. The molecule has 0 aliphatic heterocycles. The Labute approximate surface area is 201 Å². The van der Waals surface area contributed by atoms with E-state index in [0.717, 1.165) is 31.6 Å². The molecule has 4 aliphatic carbocycles. The Hall–Kier alpha value is -1.94. The van der Waals surface area contributed by atoms with Gasteiger partial charge in [-0.3, -0.25) is 4.79 Å². The molecular weight excluding hydrogens is 426 g/mol. The van der Waals surface area contributed by atoms with E-state index in [9.17, 15) is 4.79 Å². The summed E-state index contributed by atoms with van der Waals surface area (Å²) < 4.78 is 5.83. The molecule has 1 aromatic carbocycles. The van der Waals surface area contributed by atoms with Crippen LogP contribution in [0.2, 0.25) is 0 Å². The van der Waals surface area contributed by atoms with E-state index < -0.39 is 0 Å². The lowest BCUT2D eigenvalue weighted by molar-refractivity contribution is -0.156. The summed E-state index contributed by atoms with van der Waals surface area (Å²) in [6.07, 6.45) is 11.9. The molecule has 6 atom stereocenters. The van der Waals surface area contributed by atoms with Gasteiger partial charge in [-0.15, -0.1) is 11.3 Å². The van der Waals surface area contributed by atoms with Gasteiger partial charge in [0.05, 0.1) is 10.7 Å². The van der Waals surface area contributed by atoms with Crippen LogP contribution in [0.4, 0.5) is 0 Å². The van der Waals surface area contributed by atoms with Crippen LogP contribution < -0.4 is 0 Å². The molecule has 0 N–H and O–H groups in total. The van der Waals surface area contributed by atoms with E-state index in [0.29, 0.717) is 11.8 Å². The van der Waals surface area contributed by atoms with Crippen LogP contribution in [0.3, 0.4) is 0 Å². The van der Waals surface area contributed by atoms with Gasteiger partial charge in [0.1, 0.15) is 6.10 Å². The normalized spacial score (nSPS) is 36.8. The van der Waals surface area contributed by atoms with E-state index in [2.05, 4.69) is 50.3 Å². The maximum atomic E-state index is 11.7. The fourth-order valence-electron chi connectivity index (χ4n) is 8.13. The number of esters is 1. The molecule has 4 aliphatic rings. The lowest BCUT2D eigenvalue weighted by Crippen LogP contribution is -2.50. The molecule has 2 aromatic rings. The van der Waals surface area contributed by atoms with Crippen molar-refractivity contribution in [1.29, 1.82) is 0 Å². The second-order valence-electron chi connectivity index (χ2n) is 11.4. The summed E-state index contributed by atoms with van der Waals surface area (Å²) in [6.45, 7) is 6.51. The lowest BCUT2D eigenvalue weighted by Gasteiger charge is -2.56. The molecule has 3 nitrogen and oxygen atoms in total. The van der Waals surface area contributed by atoms with Crippen molar-refractivity contribution in [3.05, 3.63) is 57.6 Å². The van der Waals surface area contributed by atoms with E-state index in [-0.39, 0.29) is 22.9 Å². The summed E-state index contributed by atoms with van der Waals surface area (Å²) in [4.78, 5) is 18.5. The Kier molecular flexibility index (Phi) is 5.10. The standard InChI is InChI=1S/C29H35NO2S/c1-18(31)32-25-12-11-21-20-9-10-23-27-24(33-26(30-27)17-19-7-5-4-6-8-19)14-16-28(23,2)22(20)13-15-29(21,25)3/h4-8,10,20-22,25H,9,11-17H2,1-3H3/t20-,21-,22-,25-,28+,29-/m0/s1. The number of aryl methyl sites for hydroxylation is 1. The number of rotatable bonds is 3. The highest BCUT2D eigenvalue weighted by atomic mass is 32.1. The molecule has 6 rings (SSSR count). The van der Waals surface area contributed by atoms with Crippen molar-refractivity contribution in [2.45, 2.75) is 78.2 Å². The zero-order chi connectivity index (χ0) is 22.8. The Bertz CT molecular complexity index is 1100. The molecule has 0 bridgehead atoms. The molecule has 2 fully saturated rings. The molecule has 4 heteroatoms. The topological polar surface area (TPSA) is 39.2 Å². The van der Waals surface area contributed by atoms with Crippen LogP contribution in [0.25, 0.3) is 5.57 Å². The van der Waals surface area contributed by atoms with E-state index in [4.69, 9.17) is 9.72 Å². The summed E-state index contributed by atoms with van der Waals surface area (Å²) >= 11 is 1.93. The van der Waals surface area contributed by atoms with Crippen molar-refractivity contribution in [3.63, 3.8) is 0 Å². The van der Waals surface area contributed by atoms with Crippen molar-refractivity contribution in [1.82, 2.24) is 4.98 Å². The molecule has 0 amide bonds. The van der Waals surface area contributed by atoms with Gasteiger partial charge >= 0.3 is 5.97 Å². The number of carbonyl (C=O) groups is 1. The predicted octanol–water partition coefficient (Wildman–Crippen LogP) is 6.85. The maximum Gasteiger partial charge on any atom is 0.302 e. The van der Waals surface area contributed by atoms with Crippen LogP contribution in [0.1, 0.15) is 80.4 Å². The first-order chi connectivity index (χ1) is 15.9. The summed E-state index contributed by atoms with van der Waals surface area (Å²) in [5.41, 5.74) is 4.58. The number of aromatic nitrogens is 1. The van der Waals surface area contributed by atoms with Crippen LogP contribution in [0.5, 0.6) is 0 Å². The first-order valence-electron chi connectivity index (χ1n) is 12.8. The van der Waals surface area contributed by atoms with Gasteiger partial charge in [-0.25, -0.2) is 4.98 Å². The first-order valence-corrected chi connectivity index (χ1v) is 13.6. The Balaban J connectivity index is 1.30. The van der Waals surface area contributed by atoms with Crippen LogP contribution >= 0.6 is 11.3 Å². The molecule has 2 saturated carbocycles. The average molecular weight is 462 g/mol. The number of hydrogen-bond acceptors (Lipinski definition) is 4. The number of carbonyl (C=O) groups excluding carboxylic acids is 1. The number of nitrogens with zero attached hydrogens (tertiary/aromatic N) is 1. The summed E-state index contributed by atoms with van der Waals surface area (Å²) in [6, 6.07) is 10.7. The Morgan fingerprint density at radius 3 is 2.73 bits per heavy atom. The summed E-state index contributed by atoms with van der Waals surface area (Å²) in [5.74, 6) is 1.98. The minimum absolute atomic E-state index is 0.108. The first kappa shape index (κ1) is 21.6. The summed E-state index contributed by atoms with van der Waals surface area (Å²) in [5, 5.41) is 1.26. The van der Waals surface area contributed by atoms with Crippen LogP contribution in [0.15, 0.2) is 36.4 Å². The van der Waals surface area contributed by atoms with Gasteiger partial charge in [0, 0.05) is 23.6 Å². The molecule has 0 unspecified atom stereocenters. The predicted molar refractivity (Wildman–Crippen MR) is 133 cm³/mol. The maximum absolute atomic E-state index is 11.7. The van der Waals surface area contributed by atoms with Gasteiger partial charge in [0.25, 0.3) is 0 Å². The zero-order valence-corrected chi connectivity index (χ0v) is 20.9. The minimum Gasteiger partial charge on any atom is -0.462 e. The van der Waals surface area contributed by atoms with Crippen molar-refractivity contribution in [3.8, 4) is 0 Å². The third kappa shape index (κ3) is 3.35. The van der Waals surface area contributed by atoms with Crippen LogP contribution in [-0.4, -0.2) is 17.1 Å². The second-order valence-corrected chi connectivity index (χ2v) is 12.6. The van der Waals surface area contributed by atoms with E-state index in [1.807, 2.05) is 11.3 Å². The van der Waals surface area contributed by atoms with Gasteiger partial charge in [0.15, 0.2) is 0 Å². The SMILES string of the molecule is CC(=O)O[C@H]1CC[C@H]2[C@@H]3CC=C4c5nc(Cc6ccccc6)sc5CC[C@]4(C)[C@H]3CC[C@]12C. The van der Waals surface area contributed by atoms with Gasteiger partial charge < -0.3 is 4.74 Å². The molecule has 0 saturated heterocycles. The molecule has 1 aromatic heterocycles. The van der Waals surface area contributed by atoms with E-state index in [1.165, 1.54) is 46.8 Å². The Morgan fingerprint density at radius 2 is 1.94 bits per heavy atom. The number of fused-ring (bicyclic) bond motifs is 7. The molecular formula is C29H35NO2S. The van der Waals surface area contributed by atoms with Crippen molar-refractivity contribution in [2.24, 2.45) is 28.6 Å². The molecule has 0 spiro atoms. The zero-order valence-electron chi connectivity index (χ0n) is 20.1. The number of thiazole rings is 1. The lowest BCUT2D eigenvalue weighted by atomic mass is 9.48. The molecule has 0 radical (unpaired) electrons. The van der Waals surface area contributed by atoms with Crippen LogP contribution in [0, 0.1) is 28.6 Å². The Morgan fingerprint density at radius 1 is 1.12 bits per heavy atom. The molecule has 174 valence electrons.